The maximum atomic E-state index is 12.8. The molecule has 0 spiro atoms. The minimum atomic E-state index is -0.0113. The van der Waals surface area contributed by atoms with Gasteiger partial charge in [0.05, 0.1) is 0 Å². The minimum absolute atomic E-state index is 0.0113. The van der Waals surface area contributed by atoms with Gasteiger partial charge in [0.1, 0.15) is 0 Å². The zero-order valence-electron chi connectivity index (χ0n) is 12.9. The van der Waals surface area contributed by atoms with E-state index in [0.29, 0.717) is 12.5 Å². The van der Waals surface area contributed by atoms with Crippen molar-refractivity contribution in [3.63, 3.8) is 0 Å². The molecule has 1 aromatic carbocycles. The van der Waals surface area contributed by atoms with Crippen LogP contribution < -0.4 is 5.73 Å². The van der Waals surface area contributed by atoms with Gasteiger partial charge in [0.15, 0.2) is 0 Å². The number of carbonyl (C=O) groups excluding carboxylic acids is 1. The van der Waals surface area contributed by atoms with E-state index < -0.39 is 0 Å². The molecule has 0 aliphatic carbocycles. The second kappa shape index (κ2) is 5.96. The highest BCUT2D eigenvalue weighted by atomic mass is 16.2. The van der Waals surface area contributed by atoms with Crippen LogP contribution in [0.1, 0.15) is 49.5 Å². The van der Waals surface area contributed by atoms with Crippen LogP contribution in [0.25, 0.3) is 0 Å². The third-order valence-electron chi connectivity index (χ3n) is 4.11. The van der Waals surface area contributed by atoms with Crippen molar-refractivity contribution in [1.29, 1.82) is 0 Å². The normalized spacial score (nSPS) is 19.4. The summed E-state index contributed by atoms with van der Waals surface area (Å²) < 4.78 is 0. The number of hydrogen-bond donors (Lipinski definition) is 1. The van der Waals surface area contributed by atoms with Crippen molar-refractivity contribution < 1.29 is 4.79 Å². The Morgan fingerprint density at radius 1 is 1.35 bits per heavy atom. The van der Waals surface area contributed by atoms with Crippen LogP contribution in [0.5, 0.6) is 0 Å². The molecule has 1 heterocycles. The van der Waals surface area contributed by atoms with E-state index in [4.69, 9.17) is 5.73 Å². The Morgan fingerprint density at radius 2 is 2.05 bits per heavy atom. The predicted molar refractivity (Wildman–Crippen MR) is 82.8 cm³/mol. The number of likely N-dealkylation sites (tertiary alicyclic amines) is 1. The molecule has 3 heteroatoms. The zero-order valence-corrected chi connectivity index (χ0v) is 12.9. The summed E-state index contributed by atoms with van der Waals surface area (Å²) in [6, 6.07) is 7.99. The van der Waals surface area contributed by atoms with Crippen molar-refractivity contribution in [2.45, 2.75) is 39.0 Å². The number of nitrogens with zero attached hydrogens (tertiary/aromatic N) is 1. The van der Waals surface area contributed by atoms with Crippen molar-refractivity contribution >= 4 is 5.91 Å². The van der Waals surface area contributed by atoms with Gasteiger partial charge in [0.25, 0.3) is 5.91 Å². The number of nitrogens with two attached hydrogens (primary N) is 1. The van der Waals surface area contributed by atoms with Gasteiger partial charge >= 0.3 is 0 Å². The highest BCUT2D eigenvalue weighted by Gasteiger charge is 2.29. The van der Waals surface area contributed by atoms with Crippen LogP contribution in [0.3, 0.4) is 0 Å². The molecule has 1 aliphatic rings. The lowest BCUT2D eigenvalue weighted by Gasteiger charge is -2.25. The largest absolute Gasteiger partial charge is 0.338 e. The topological polar surface area (TPSA) is 46.3 Å². The fourth-order valence-electron chi connectivity index (χ4n) is 2.98. The molecule has 1 unspecified atom stereocenters. The summed E-state index contributed by atoms with van der Waals surface area (Å²) >= 11 is 0. The smallest absolute Gasteiger partial charge is 0.254 e. The molecule has 1 aromatic rings. The van der Waals surface area contributed by atoms with Gasteiger partial charge in [0.2, 0.25) is 0 Å². The highest BCUT2D eigenvalue weighted by molar-refractivity contribution is 5.96. The molecular formula is C17H26N2O. The molecule has 1 aliphatic heterocycles. The van der Waals surface area contributed by atoms with Crippen LogP contribution in [0.15, 0.2) is 24.3 Å². The Bertz CT molecular complexity index is 476. The van der Waals surface area contributed by atoms with Crippen molar-refractivity contribution in [2.24, 2.45) is 11.7 Å². The average molecular weight is 274 g/mol. The fourth-order valence-corrected chi connectivity index (χ4v) is 2.98. The molecule has 2 rings (SSSR count). The first-order valence-corrected chi connectivity index (χ1v) is 7.52. The first-order chi connectivity index (χ1) is 9.43. The summed E-state index contributed by atoms with van der Waals surface area (Å²) in [5, 5.41) is 0. The van der Waals surface area contributed by atoms with Crippen molar-refractivity contribution in [3.05, 3.63) is 35.4 Å². The van der Waals surface area contributed by atoms with Gasteiger partial charge in [-0.2, -0.15) is 0 Å². The molecule has 0 radical (unpaired) electrons. The zero-order chi connectivity index (χ0) is 14.8. The van der Waals surface area contributed by atoms with Crippen LogP contribution >= 0.6 is 0 Å². The molecular weight excluding hydrogens is 248 g/mol. The van der Waals surface area contributed by atoms with E-state index in [1.165, 1.54) is 0 Å². The summed E-state index contributed by atoms with van der Waals surface area (Å²) in [6.45, 7) is 8.89. The molecule has 0 bridgehead atoms. The van der Waals surface area contributed by atoms with E-state index in [1.54, 1.807) is 0 Å². The average Bonchev–Trinajstić information content (AvgIpc) is 2.86. The van der Waals surface area contributed by atoms with E-state index in [2.05, 4.69) is 26.8 Å². The quantitative estimate of drug-likeness (QED) is 0.921. The molecule has 20 heavy (non-hydrogen) atoms. The molecule has 1 atom stereocenters. The van der Waals surface area contributed by atoms with Crippen LogP contribution in [-0.4, -0.2) is 30.4 Å². The second-order valence-electron chi connectivity index (χ2n) is 6.78. The van der Waals surface area contributed by atoms with Crippen LogP contribution in [0.2, 0.25) is 0 Å². The Labute approximate surface area is 122 Å². The summed E-state index contributed by atoms with van der Waals surface area (Å²) in [5.41, 5.74) is 7.59. The summed E-state index contributed by atoms with van der Waals surface area (Å²) in [7, 11) is 0. The van der Waals surface area contributed by atoms with E-state index >= 15 is 0 Å². The molecule has 0 saturated carbocycles. The third kappa shape index (κ3) is 3.21. The first kappa shape index (κ1) is 15.0. The standard InChI is InChI=1S/C17H26N2O/c1-17(2,3)15-7-5-4-6-14(15)16(20)19-11-9-13(12-19)8-10-18/h4-7,13H,8-12,18H2,1-3H3. The first-order valence-electron chi connectivity index (χ1n) is 7.52. The van der Waals surface area contributed by atoms with Gasteiger partial charge in [-0.25, -0.2) is 0 Å². The molecule has 1 saturated heterocycles. The Balaban J connectivity index is 2.19. The number of amides is 1. The van der Waals surface area contributed by atoms with Crippen molar-refractivity contribution in [3.8, 4) is 0 Å². The fraction of sp³-hybridized carbons (Fsp3) is 0.588. The summed E-state index contributed by atoms with van der Waals surface area (Å²) in [5.74, 6) is 0.751. The van der Waals surface area contributed by atoms with Gasteiger partial charge in [0, 0.05) is 18.7 Å². The molecule has 1 fully saturated rings. The lowest BCUT2D eigenvalue weighted by molar-refractivity contribution is 0.0784. The lowest BCUT2D eigenvalue weighted by Crippen LogP contribution is -2.31. The van der Waals surface area contributed by atoms with Gasteiger partial charge in [-0.1, -0.05) is 39.0 Å². The number of carbonyl (C=O) groups is 1. The Morgan fingerprint density at radius 3 is 2.70 bits per heavy atom. The Hall–Kier alpha value is -1.35. The van der Waals surface area contributed by atoms with Crippen molar-refractivity contribution in [1.82, 2.24) is 4.90 Å². The molecule has 1 amide bonds. The number of benzene rings is 1. The minimum Gasteiger partial charge on any atom is -0.338 e. The monoisotopic (exact) mass is 274 g/mol. The van der Waals surface area contributed by atoms with Crippen LogP contribution in [0.4, 0.5) is 0 Å². The molecule has 110 valence electrons. The van der Waals surface area contributed by atoms with E-state index in [-0.39, 0.29) is 11.3 Å². The van der Waals surface area contributed by atoms with Gasteiger partial charge < -0.3 is 10.6 Å². The summed E-state index contributed by atoms with van der Waals surface area (Å²) in [4.78, 5) is 14.7. The van der Waals surface area contributed by atoms with Crippen LogP contribution in [0, 0.1) is 5.92 Å². The highest BCUT2D eigenvalue weighted by Crippen LogP contribution is 2.28. The maximum Gasteiger partial charge on any atom is 0.254 e. The molecule has 0 aromatic heterocycles. The number of rotatable bonds is 3. The molecule has 2 N–H and O–H groups in total. The Kier molecular flexibility index (Phi) is 4.48. The number of hydrogen-bond acceptors (Lipinski definition) is 2. The predicted octanol–water partition coefficient (Wildman–Crippen LogP) is 2.80. The van der Waals surface area contributed by atoms with Gasteiger partial charge in [-0.05, 0) is 42.3 Å². The van der Waals surface area contributed by atoms with Gasteiger partial charge in [-0.15, -0.1) is 0 Å². The van der Waals surface area contributed by atoms with E-state index in [9.17, 15) is 4.79 Å². The summed E-state index contributed by atoms with van der Waals surface area (Å²) in [6.07, 6.45) is 2.10. The van der Waals surface area contributed by atoms with E-state index in [0.717, 1.165) is 37.1 Å². The van der Waals surface area contributed by atoms with Gasteiger partial charge in [-0.3, -0.25) is 4.79 Å². The van der Waals surface area contributed by atoms with Crippen molar-refractivity contribution in [2.75, 3.05) is 19.6 Å². The SMILES string of the molecule is CC(C)(C)c1ccccc1C(=O)N1CCC(CCN)C1. The third-order valence-corrected chi connectivity index (χ3v) is 4.11. The van der Waals surface area contributed by atoms with Crippen LogP contribution in [-0.2, 0) is 5.41 Å². The molecule has 3 nitrogen and oxygen atoms in total. The van der Waals surface area contributed by atoms with E-state index in [1.807, 2.05) is 23.1 Å². The second-order valence-corrected chi connectivity index (χ2v) is 6.78. The maximum absolute atomic E-state index is 12.8. The lowest BCUT2D eigenvalue weighted by atomic mass is 9.83.